The second-order valence-corrected chi connectivity index (χ2v) is 3.82. The van der Waals surface area contributed by atoms with Gasteiger partial charge in [-0.2, -0.15) is 0 Å². The molecule has 1 aliphatic carbocycles. The summed E-state index contributed by atoms with van der Waals surface area (Å²) in [5.74, 6) is 0.524. The second-order valence-electron chi connectivity index (χ2n) is 3.82. The van der Waals surface area contributed by atoms with Crippen LogP contribution in [0.5, 0.6) is 0 Å². The minimum Gasteiger partial charge on any atom is -0.299 e. The fourth-order valence-electron chi connectivity index (χ4n) is 1.92. The first kappa shape index (κ1) is 9.38. The van der Waals surface area contributed by atoms with Crippen LogP contribution in [0, 0.1) is 11.7 Å². The summed E-state index contributed by atoms with van der Waals surface area (Å²) in [6.07, 6.45) is 1.49. The lowest BCUT2D eigenvalue weighted by Gasteiger charge is -1.98. The summed E-state index contributed by atoms with van der Waals surface area (Å²) in [6, 6.07) is 6.57. The maximum Gasteiger partial charge on any atom is 0.136 e. The van der Waals surface area contributed by atoms with Crippen molar-refractivity contribution in [3.8, 4) is 0 Å². The predicted molar refractivity (Wildman–Crippen MR) is 52.5 cm³/mol. The molecule has 2 heteroatoms. The first-order valence-electron chi connectivity index (χ1n) is 5.00. The zero-order valence-corrected chi connectivity index (χ0v) is 8.16. The van der Waals surface area contributed by atoms with E-state index in [4.69, 9.17) is 0 Å². The van der Waals surface area contributed by atoms with E-state index in [-0.39, 0.29) is 17.7 Å². The van der Waals surface area contributed by atoms with E-state index in [1.165, 1.54) is 12.1 Å². The monoisotopic (exact) mass is 192 g/mol. The van der Waals surface area contributed by atoms with Crippen molar-refractivity contribution in [3.63, 3.8) is 0 Å². The summed E-state index contributed by atoms with van der Waals surface area (Å²) in [5, 5.41) is 0. The van der Waals surface area contributed by atoms with E-state index < -0.39 is 0 Å². The molecule has 0 N–H and O–H groups in total. The van der Waals surface area contributed by atoms with Gasteiger partial charge in [-0.1, -0.05) is 19.1 Å². The summed E-state index contributed by atoms with van der Waals surface area (Å²) in [7, 11) is 0. The normalized spacial score (nSPS) is 24.7. The van der Waals surface area contributed by atoms with Crippen molar-refractivity contribution in [1.29, 1.82) is 0 Å². The highest BCUT2D eigenvalue weighted by Gasteiger charge is 2.42. The van der Waals surface area contributed by atoms with Crippen LogP contribution in [0.15, 0.2) is 24.3 Å². The SMILES string of the molecule is CCC(=O)C1CC1c1cccc(F)c1. The number of carbonyl (C=O) groups is 1. The highest BCUT2D eigenvalue weighted by Crippen LogP contribution is 2.48. The van der Waals surface area contributed by atoms with Crippen LogP contribution < -0.4 is 0 Å². The Kier molecular flexibility index (Phi) is 2.36. The highest BCUT2D eigenvalue weighted by molar-refractivity contribution is 5.84. The van der Waals surface area contributed by atoms with Crippen molar-refractivity contribution in [3.05, 3.63) is 35.6 Å². The maximum atomic E-state index is 12.9. The minimum atomic E-state index is -0.211. The molecule has 1 aliphatic rings. The molecule has 1 aromatic rings. The summed E-state index contributed by atoms with van der Waals surface area (Å²) < 4.78 is 12.9. The van der Waals surface area contributed by atoms with E-state index >= 15 is 0 Å². The number of ketones is 1. The quantitative estimate of drug-likeness (QED) is 0.719. The van der Waals surface area contributed by atoms with Crippen molar-refractivity contribution in [1.82, 2.24) is 0 Å². The van der Waals surface area contributed by atoms with Crippen LogP contribution in [-0.4, -0.2) is 5.78 Å². The van der Waals surface area contributed by atoms with E-state index in [1.54, 1.807) is 6.07 Å². The minimum absolute atomic E-state index is 0.154. The van der Waals surface area contributed by atoms with Gasteiger partial charge in [-0.15, -0.1) is 0 Å². The van der Waals surface area contributed by atoms with Crippen molar-refractivity contribution in [2.75, 3.05) is 0 Å². The zero-order chi connectivity index (χ0) is 10.1. The van der Waals surface area contributed by atoms with Crippen LogP contribution in [0.3, 0.4) is 0 Å². The van der Waals surface area contributed by atoms with Gasteiger partial charge in [0.25, 0.3) is 0 Å². The standard InChI is InChI=1S/C12H13FO/c1-2-12(14)11-7-10(11)8-4-3-5-9(13)6-8/h3-6,10-11H,2,7H2,1H3. The molecule has 0 heterocycles. The van der Waals surface area contributed by atoms with Gasteiger partial charge in [0.2, 0.25) is 0 Å². The molecule has 2 unspecified atom stereocenters. The average Bonchev–Trinajstić information content (AvgIpc) is 2.96. The van der Waals surface area contributed by atoms with Gasteiger partial charge in [0.1, 0.15) is 11.6 Å². The maximum absolute atomic E-state index is 12.9. The summed E-state index contributed by atoms with van der Waals surface area (Å²) >= 11 is 0. The van der Waals surface area contributed by atoms with Gasteiger partial charge in [0, 0.05) is 12.3 Å². The van der Waals surface area contributed by atoms with Crippen LogP contribution in [0.25, 0.3) is 0 Å². The zero-order valence-electron chi connectivity index (χ0n) is 8.16. The highest BCUT2D eigenvalue weighted by atomic mass is 19.1. The molecule has 1 aromatic carbocycles. The van der Waals surface area contributed by atoms with E-state index in [9.17, 15) is 9.18 Å². The van der Waals surface area contributed by atoms with Crippen molar-refractivity contribution in [2.24, 2.45) is 5.92 Å². The van der Waals surface area contributed by atoms with Crippen LogP contribution in [0.4, 0.5) is 4.39 Å². The van der Waals surface area contributed by atoms with Crippen molar-refractivity contribution < 1.29 is 9.18 Å². The number of hydrogen-bond acceptors (Lipinski definition) is 1. The Hall–Kier alpha value is -1.18. The first-order valence-corrected chi connectivity index (χ1v) is 5.00. The van der Waals surface area contributed by atoms with Gasteiger partial charge < -0.3 is 0 Å². The molecule has 2 atom stereocenters. The Balaban J connectivity index is 2.09. The molecule has 74 valence electrons. The molecule has 1 saturated carbocycles. The van der Waals surface area contributed by atoms with Gasteiger partial charge >= 0.3 is 0 Å². The molecule has 0 amide bonds. The van der Waals surface area contributed by atoms with Crippen LogP contribution in [0.1, 0.15) is 31.2 Å². The molecule has 0 saturated heterocycles. The number of rotatable bonds is 3. The predicted octanol–water partition coefficient (Wildman–Crippen LogP) is 2.91. The first-order chi connectivity index (χ1) is 6.72. The van der Waals surface area contributed by atoms with Gasteiger partial charge in [0.05, 0.1) is 0 Å². The molecule has 0 spiro atoms. The van der Waals surface area contributed by atoms with Gasteiger partial charge in [-0.3, -0.25) is 4.79 Å². The third-order valence-corrected chi connectivity index (χ3v) is 2.83. The number of benzene rings is 1. The van der Waals surface area contributed by atoms with Crippen molar-refractivity contribution in [2.45, 2.75) is 25.7 Å². The van der Waals surface area contributed by atoms with Crippen LogP contribution in [-0.2, 0) is 4.79 Å². The summed E-state index contributed by atoms with van der Waals surface area (Å²) in [4.78, 5) is 11.3. The lowest BCUT2D eigenvalue weighted by molar-refractivity contribution is -0.120. The Morgan fingerprint density at radius 3 is 3.00 bits per heavy atom. The van der Waals surface area contributed by atoms with E-state index in [1.807, 2.05) is 13.0 Å². The third-order valence-electron chi connectivity index (χ3n) is 2.83. The Bertz CT molecular complexity index is 359. The molecular weight excluding hydrogens is 179 g/mol. The molecule has 0 radical (unpaired) electrons. The lowest BCUT2D eigenvalue weighted by Crippen LogP contribution is -1.99. The number of hydrogen-bond donors (Lipinski definition) is 0. The van der Waals surface area contributed by atoms with Gasteiger partial charge in [-0.05, 0) is 30.0 Å². The van der Waals surface area contributed by atoms with Crippen molar-refractivity contribution >= 4 is 5.78 Å². The molecule has 1 nitrogen and oxygen atoms in total. The smallest absolute Gasteiger partial charge is 0.136 e. The summed E-state index contributed by atoms with van der Waals surface area (Å²) in [6.45, 7) is 1.88. The largest absolute Gasteiger partial charge is 0.299 e. The third kappa shape index (κ3) is 1.69. The van der Waals surface area contributed by atoms with Gasteiger partial charge in [0.15, 0.2) is 0 Å². The second kappa shape index (κ2) is 3.52. The Morgan fingerprint density at radius 2 is 2.36 bits per heavy atom. The molecule has 0 aliphatic heterocycles. The average molecular weight is 192 g/mol. The molecule has 0 aromatic heterocycles. The van der Waals surface area contributed by atoms with E-state index in [0.717, 1.165) is 12.0 Å². The lowest BCUT2D eigenvalue weighted by atomic mass is 10.1. The topological polar surface area (TPSA) is 17.1 Å². The van der Waals surface area contributed by atoms with Crippen LogP contribution in [0.2, 0.25) is 0 Å². The van der Waals surface area contributed by atoms with E-state index in [0.29, 0.717) is 12.2 Å². The fourth-order valence-corrected chi connectivity index (χ4v) is 1.92. The number of carbonyl (C=O) groups excluding carboxylic acids is 1. The van der Waals surface area contributed by atoms with Crippen LogP contribution >= 0.6 is 0 Å². The number of halogens is 1. The fraction of sp³-hybridized carbons (Fsp3) is 0.417. The molecule has 14 heavy (non-hydrogen) atoms. The Morgan fingerprint density at radius 1 is 1.57 bits per heavy atom. The molecule has 1 fully saturated rings. The number of Topliss-reactive ketones (excluding diaryl/α,β-unsaturated/α-hetero) is 1. The molecular formula is C12H13FO. The van der Waals surface area contributed by atoms with Gasteiger partial charge in [-0.25, -0.2) is 4.39 Å². The summed E-state index contributed by atoms with van der Waals surface area (Å²) in [5.41, 5.74) is 0.969. The molecule has 0 bridgehead atoms. The van der Waals surface area contributed by atoms with E-state index in [2.05, 4.69) is 0 Å². The Labute approximate surface area is 82.9 Å². The molecule has 2 rings (SSSR count).